The molecule has 170 valence electrons. The molecule has 0 saturated carbocycles. The van der Waals surface area contributed by atoms with Gasteiger partial charge in [-0.05, 0) is 41.1 Å². The molecule has 0 aliphatic carbocycles. The average Bonchev–Trinajstić information content (AvgIpc) is 3.29. The number of benzene rings is 3. The molecule has 5 rings (SSSR count). The van der Waals surface area contributed by atoms with Gasteiger partial charge in [-0.3, -0.25) is 9.69 Å². The van der Waals surface area contributed by atoms with Crippen molar-refractivity contribution in [3.05, 3.63) is 72.3 Å². The number of rotatable bonds is 4. The molecule has 3 aromatic rings. The lowest BCUT2D eigenvalue weighted by atomic mass is 10.1. The summed E-state index contributed by atoms with van der Waals surface area (Å²) in [4.78, 5) is 28.5. The summed E-state index contributed by atoms with van der Waals surface area (Å²) in [5.74, 6) is -0.167. The van der Waals surface area contributed by atoms with E-state index in [1.165, 1.54) is 4.31 Å². The van der Waals surface area contributed by atoms with E-state index in [1.807, 2.05) is 30.3 Å². The van der Waals surface area contributed by atoms with Crippen LogP contribution in [0.1, 0.15) is 10.4 Å². The van der Waals surface area contributed by atoms with Gasteiger partial charge in [0.15, 0.2) is 0 Å². The van der Waals surface area contributed by atoms with Crippen molar-refractivity contribution in [2.24, 2.45) is 0 Å². The average molecular weight is 465 g/mol. The number of nitrogens with zero attached hydrogens (tertiary/aromatic N) is 3. The lowest BCUT2D eigenvalue weighted by Crippen LogP contribution is -2.50. The van der Waals surface area contributed by atoms with Crippen LogP contribution in [-0.2, 0) is 10.0 Å². The lowest BCUT2D eigenvalue weighted by Gasteiger charge is -2.34. The number of sulfonamides is 1. The van der Waals surface area contributed by atoms with E-state index in [4.69, 9.17) is 0 Å². The molecular weight excluding hydrogens is 440 g/mol. The molecule has 3 aromatic carbocycles. The number of hydrogen-bond donors (Lipinski definition) is 1. The molecule has 1 N–H and O–H groups in total. The molecule has 3 amide bonds. The van der Waals surface area contributed by atoms with E-state index in [1.54, 1.807) is 46.2 Å². The van der Waals surface area contributed by atoms with Crippen LogP contribution in [-0.4, -0.2) is 68.8 Å². The van der Waals surface area contributed by atoms with Crippen LogP contribution in [0.5, 0.6) is 0 Å². The first-order chi connectivity index (χ1) is 15.9. The zero-order valence-electron chi connectivity index (χ0n) is 18.0. The van der Waals surface area contributed by atoms with Gasteiger partial charge in [0.1, 0.15) is 0 Å². The maximum Gasteiger partial charge on any atom is 0.321 e. The quantitative estimate of drug-likeness (QED) is 0.643. The van der Waals surface area contributed by atoms with Gasteiger partial charge in [0.25, 0.3) is 5.91 Å². The Morgan fingerprint density at radius 2 is 1.58 bits per heavy atom. The van der Waals surface area contributed by atoms with Gasteiger partial charge in [0, 0.05) is 50.5 Å². The Balaban J connectivity index is 1.28. The van der Waals surface area contributed by atoms with E-state index in [-0.39, 0.29) is 29.9 Å². The molecule has 0 bridgehead atoms. The molecule has 0 unspecified atom stereocenters. The number of amides is 3. The van der Waals surface area contributed by atoms with E-state index in [0.717, 1.165) is 10.8 Å². The summed E-state index contributed by atoms with van der Waals surface area (Å²) in [5.41, 5.74) is 1.16. The van der Waals surface area contributed by atoms with Crippen molar-refractivity contribution < 1.29 is 18.0 Å². The van der Waals surface area contributed by atoms with Gasteiger partial charge in [-0.2, -0.15) is 4.31 Å². The zero-order chi connectivity index (χ0) is 23.0. The third-order valence-electron chi connectivity index (χ3n) is 6.15. The summed E-state index contributed by atoms with van der Waals surface area (Å²) in [6, 6.07) is 19.6. The molecule has 2 fully saturated rings. The van der Waals surface area contributed by atoms with Crippen LogP contribution in [0.3, 0.4) is 0 Å². The van der Waals surface area contributed by atoms with E-state index < -0.39 is 10.0 Å². The Morgan fingerprint density at radius 1 is 0.818 bits per heavy atom. The standard InChI is InChI=1S/C24H24N4O4S/c29-23(20-6-3-7-21(16-20)28-11-10-25-24(28)30)26-12-14-27(15-13-26)33(31,32)22-9-8-18-4-1-2-5-19(18)17-22/h1-9,16-17H,10-15H2,(H,25,30). The first-order valence-electron chi connectivity index (χ1n) is 10.9. The highest BCUT2D eigenvalue weighted by molar-refractivity contribution is 7.89. The minimum atomic E-state index is -3.65. The molecule has 9 heteroatoms. The molecule has 2 aliphatic rings. The zero-order valence-corrected chi connectivity index (χ0v) is 18.8. The number of carbonyl (C=O) groups excluding carboxylic acids is 2. The number of fused-ring (bicyclic) bond motifs is 1. The fraction of sp³-hybridized carbons (Fsp3) is 0.250. The maximum absolute atomic E-state index is 13.2. The minimum Gasteiger partial charge on any atom is -0.336 e. The van der Waals surface area contributed by atoms with Crippen LogP contribution in [0.4, 0.5) is 10.5 Å². The third kappa shape index (κ3) is 4.05. The largest absolute Gasteiger partial charge is 0.336 e. The monoisotopic (exact) mass is 464 g/mol. The summed E-state index contributed by atoms with van der Waals surface area (Å²) in [6.07, 6.45) is 0. The second kappa shape index (κ2) is 8.49. The Bertz CT molecular complexity index is 1330. The Kier molecular flexibility index (Phi) is 5.51. The number of carbonyl (C=O) groups is 2. The first-order valence-corrected chi connectivity index (χ1v) is 12.3. The first kappa shape index (κ1) is 21.4. The van der Waals surface area contributed by atoms with Gasteiger partial charge < -0.3 is 10.2 Å². The van der Waals surface area contributed by atoms with Gasteiger partial charge in [-0.25, -0.2) is 13.2 Å². The van der Waals surface area contributed by atoms with Crippen LogP contribution in [0, 0.1) is 0 Å². The van der Waals surface area contributed by atoms with Gasteiger partial charge in [-0.15, -0.1) is 0 Å². The number of hydrogen-bond acceptors (Lipinski definition) is 4. The minimum absolute atomic E-state index is 0.167. The number of urea groups is 1. The molecule has 33 heavy (non-hydrogen) atoms. The molecule has 0 aromatic heterocycles. The summed E-state index contributed by atoms with van der Waals surface area (Å²) >= 11 is 0. The van der Waals surface area contributed by atoms with Crippen molar-refractivity contribution in [1.29, 1.82) is 0 Å². The molecule has 0 atom stereocenters. The highest BCUT2D eigenvalue weighted by Crippen LogP contribution is 2.24. The number of nitrogens with one attached hydrogen (secondary N) is 1. The fourth-order valence-electron chi connectivity index (χ4n) is 4.32. The van der Waals surface area contributed by atoms with Crippen molar-refractivity contribution in [2.45, 2.75) is 4.90 Å². The topological polar surface area (TPSA) is 90.0 Å². The van der Waals surface area contributed by atoms with Crippen LogP contribution in [0.2, 0.25) is 0 Å². The lowest BCUT2D eigenvalue weighted by molar-refractivity contribution is 0.0698. The fourth-order valence-corrected chi connectivity index (χ4v) is 5.77. The van der Waals surface area contributed by atoms with Crippen molar-refractivity contribution in [2.75, 3.05) is 44.2 Å². The second-order valence-electron chi connectivity index (χ2n) is 8.14. The van der Waals surface area contributed by atoms with Gasteiger partial charge in [-0.1, -0.05) is 36.4 Å². The van der Waals surface area contributed by atoms with Crippen molar-refractivity contribution in [3.8, 4) is 0 Å². The van der Waals surface area contributed by atoms with Crippen LogP contribution >= 0.6 is 0 Å². The Morgan fingerprint density at radius 3 is 2.30 bits per heavy atom. The third-order valence-corrected chi connectivity index (χ3v) is 8.04. The highest BCUT2D eigenvalue weighted by atomic mass is 32.2. The second-order valence-corrected chi connectivity index (χ2v) is 10.1. The van der Waals surface area contributed by atoms with Crippen molar-refractivity contribution in [3.63, 3.8) is 0 Å². The molecular formula is C24H24N4O4S. The molecule has 0 spiro atoms. The molecule has 2 saturated heterocycles. The SMILES string of the molecule is O=C(c1cccc(N2CCNC2=O)c1)N1CCN(S(=O)(=O)c2ccc3ccccc3c2)CC1. The summed E-state index contributed by atoms with van der Waals surface area (Å²) in [7, 11) is -3.65. The Labute approximate surface area is 192 Å². The summed E-state index contributed by atoms with van der Waals surface area (Å²) < 4.78 is 27.8. The predicted octanol–water partition coefficient (Wildman–Crippen LogP) is 2.52. The normalized spacial score (nSPS) is 17.4. The van der Waals surface area contributed by atoms with Crippen molar-refractivity contribution >= 4 is 38.4 Å². The van der Waals surface area contributed by atoms with Crippen molar-refractivity contribution in [1.82, 2.24) is 14.5 Å². The van der Waals surface area contributed by atoms with E-state index >= 15 is 0 Å². The predicted molar refractivity (Wildman–Crippen MR) is 126 cm³/mol. The van der Waals surface area contributed by atoms with Gasteiger partial charge in [0.2, 0.25) is 10.0 Å². The Hall–Kier alpha value is -3.43. The van der Waals surface area contributed by atoms with E-state index in [9.17, 15) is 18.0 Å². The van der Waals surface area contributed by atoms with Gasteiger partial charge >= 0.3 is 6.03 Å². The summed E-state index contributed by atoms with van der Waals surface area (Å²) in [5, 5.41) is 4.61. The van der Waals surface area contributed by atoms with Crippen LogP contribution in [0.25, 0.3) is 10.8 Å². The molecule has 2 aliphatic heterocycles. The van der Waals surface area contributed by atoms with Crippen LogP contribution in [0.15, 0.2) is 71.6 Å². The number of anilines is 1. The molecule has 8 nitrogen and oxygen atoms in total. The van der Waals surface area contributed by atoms with E-state index in [2.05, 4.69) is 5.32 Å². The smallest absolute Gasteiger partial charge is 0.321 e. The summed E-state index contributed by atoms with van der Waals surface area (Å²) in [6.45, 7) is 2.21. The molecule has 0 radical (unpaired) electrons. The molecule has 2 heterocycles. The number of piperazine rings is 1. The highest BCUT2D eigenvalue weighted by Gasteiger charge is 2.31. The maximum atomic E-state index is 13.2. The van der Waals surface area contributed by atoms with Crippen LogP contribution < -0.4 is 10.2 Å². The van der Waals surface area contributed by atoms with E-state index in [0.29, 0.717) is 37.4 Å². The van der Waals surface area contributed by atoms with Gasteiger partial charge in [0.05, 0.1) is 4.90 Å².